The fraction of sp³-hybridized carbons (Fsp3) is 0.250. The van der Waals surface area contributed by atoms with Gasteiger partial charge in [0.2, 0.25) is 0 Å². The first-order valence-electron chi connectivity index (χ1n) is 10.8. The maximum Gasteiger partial charge on any atom is 0.346 e. The fourth-order valence-corrected chi connectivity index (χ4v) is 4.47. The molecule has 0 radical (unpaired) electrons. The van der Waals surface area contributed by atoms with E-state index in [9.17, 15) is 28.8 Å². The van der Waals surface area contributed by atoms with Gasteiger partial charge in [0.1, 0.15) is 12.2 Å². The molecule has 4 atom stereocenters. The monoisotopic (exact) mass is 494 g/mol. The molecule has 2 aromatic carbocycles. The van der Waals surface area contributed by atoms with Crippen molar-refractivity contribution >= 4 is 35.8 Å². The molecular formula is C24H14O12. The average Bonchev–Trinajstić information content (AvgIpc) is 3.59. The van der Waals surface area contributed by atoms with Crippen LogP contribution in [0.2, 0.25) is 0 Å². The minimum Gasteiger partial charge on any atom is -0.453 e. The topological polar surface area (TPSA) is 158 Å². The summed E-state index contributed by atoms with van der Waals surface area (Å²) in [7, 11) is 0. The van der Waals surface area contributed by atoms with Gasteiger partial charge in [0.25, 0.3) is 0 Å². The Hall–Kier alpha value is -4.42. The van der Waals surface area contributed by atoms with E-state index in [-0.39, 0.29) is 46.6 Å². The van der Waals surface area contributed by atoms with Gasteiger partial charge >= 0.3 is 35.8 Å². The molecule has 4 aliphatic heterocycles. The van der Waals surface area contributed by atoms with Gasteiger partial charge < -0.3 is 28.4 Å². The number of cyclic esters (lactones) is 4. The van der Waals surface area contributed by atoms with Crippen molar-refractivity contribution in [3.63, 3.8) is 0 Å². The third kappa shape index (κ3) is 3.46. The Morgan fingerprint density at radius 3 is 1.42 bits per heavy atom. The van der Waals surface area contributed by atoms with Gasteiger partial charge in [0.05, 0.1) is 46.6 Å². The molecule has 0 aromatic heterocycles. The van der Waals surface area contributed by atoms with E-state index in [1.165, 1.54) is 36.4 Å². The standard InChI is InChI=1S/C24H14O12/c25-19(9-1-3-11-13(5-9)23(29)35-21(11)27)33-15-7-31-18-16(8-32-17(15)18)34-20(26)10-2-4-12-14(6-10)24(30)36-22(12)28/h1-6,15-18H,7-8H2. The quantitative estimate of drug-likeness (QED) is 0.336. The lowest BCUT2D eigenvalue weighted by atomic mass is 10.1. The van der Waals surface area contributed by atoms with Crippen molar-refractivity contribution in [2.24, 2.45) is 0 Å². The molecule has 0 amide bonds. The van der Waals surface area contributed by atoms with Crippen molar-refractivity contribution in [1.29, 1.82) is 0 Å². The molecule has 0 saturated carbocycles. The Bertz CT molecular complexity index is 1290. The van der Waals surface area contributed by atoms with E-state index in [1.807, 2.05) is 0 Å². The van der Waals surface area contributed by atoms with Gasteiger partial charge in [-0.15, -0.1) is 0 Å². The maximum atomic E-state index is 12.6. The molecule has 0 N–H and O–H groups in total. The van der Waals surface area contributed by atoms with Gasteiger partial charge in [-0.05, 0) is 36.4 Å². The largest absolute Gasteiger partial charge is 0.453 e. The van der Waals surface area contributed by atoms with Crippen LogP contribution in [0.4, 0.5) is 0 Å². The fourth-order valence-electron chi connectivity index (χ4n) is 4.47. The second kappa shape index (κ2) is 8.07. The molecule has 36 heavy (non-hydrogen) atoms. The summed E-state index contributed by atoms with van der Waals surface area (Å²) in [4.78, 5) is 71.9. The summed E-state index contributed by atoms with van der Waals surface area (Å²) in [6.45, 7) is -0.0409. The third-order valence-electron chi connectivity index (χ3n) is 6.24. The first-order valence-corrected chi connectivity index (χ1v) is 10.8. The average molecular weight is 494 g/mol. The van der Waals surface area contributed by atoms with E-state index in [4.69, 9.17) is 18.9 Å². The lowest BCUT2D eigenvalue weighted by Gasteiger charge is -2.17. The molecule has 0 spiro atoms. The first-order chi connectivity index (χ1) is 17.3. The van der Waals surface area contributed by atoms with E-state index in [0.717, 1.165) is 0 Å². The lowest BCUT2D eigenvalue weighted by molar-refractivity contribution is -0.0287. The Labute approximate surface area is 200 Å². The number of hydrogen-bond donors (Lipinski definition) is 0. The molecule has 4 aliphatic rings. The molecule has 4 unspecified atom stereocenters. The number of ether oxygens (including phenoxy) is 6. The van der Waals surface area contributed by atoms with Crippen LogP contribution in [0.15, 0.2) is 36.4 Å². The van der Waals surface area contributed by atoms with E-state index in [2.05, 4.69) is 9.47 Å². The summed E-state index contributed by atoms with van der Waals surface area (Å²) in [6, 6.07) is 7.74. The van der Waals surface area contributed by atoms with Crippen LogP contribution < -0.4 is 0 Å². The smallest absolute Gasteiger partial charge is 0.346 e. The van der Waals surface area contributed by atoms with E-state index in [0.29, 0.717) is 0 Å². The predicted octanol–water partition coefficient (Wildman–Crippen LogP) is 0.856. The van der Waals surface area contributed by atoms with Gasteiger partial charge in [-0.3, -0.25) is 0 Å². The highest BCUT2D eigenvalue weighted by Gasteiger charge is 2.51. The van der Waals surface area contributed by atoms with Crippen LogP contribution in [0.5, 0.6) is 0 Å². The summed E-state index contributed by atoms with van der Waals surface area (Å²) >= 11 is 0. The van der Waals surface area contributed by atoms with Crippen molar-refractivity contribution < 1.29 is 57.2 Å². The zero-order valence-corrected chi connectivity index (χ0v) is 18.1. The molecule has 12 heteroatoms. The summed E-state index contributed by atoms with van der Waals surface area (Å²) in [5, 5.41) is 0. The number of hydrogen-bond acceptors (Lipinski definition) is 12. The Balaban J connectivity index is 1.10. The van der Waals surface area contributed by atoms with Crippen molar-refractivity contribution in [3.8, 4) is 0 Å². The highest BCUT2D eigenvalue weighted by atomic mass is 16.7. The second-order valence-electron chi connectivity index (χ2n) is 8.36. The van der Waals surface area contributed by atoms with Crippen LogP contribution in [-0.4, -0.2) is 73.4 Å². The molecule has 2 aromatic rings. The molecular weight excluding hydrogens is 480 g/mol. The second-order valence-corrected chi connectivity index (χ2v) is 8.36. The van der Waals surface area contributed by atoms with Crippen molar-refractivity contribution in [3.05, 3.63) is 69.8 Å². The predicted molar refractivity (Wildman–Crippen MR) is 110 cm³/mol. The Kier molecular flexibility index (Phi) is 4.95. The number of carbonyl (C=O) groups excluding carboxylic acids is 6. The van der Waals surface area contributed by atoms with Crippen molar-refractivity contribution in [2.45, 2.75) is 24.4 Å². The van der Waals surface area contributed by atoms with Crippen molar-refractivity contribution in [2.75, 3.05) is 13.2 Å². The summed E-state index contributed by atoms with van der Waals surface area (Å²) in [5.74, 6) is -4.77. The lowest BCUT2D eigenvalue weighted by Crippen LogP contribution is -2.36. The molecule has 2 saturated heterocycles. The zero-order chi connectivity index (χ0) is 25.1. The van der Waals surface area contributed by atoms with E-state index < -0.39 is 60.2 Å². The van der Waals surface area contributed by atoms with E-state index in [1.54, 1.807) is 0 Å². The van der Waals surface area contributed by atoms with Gasteiger partial charge in [0, 0.05) is 0 Å². The molecule has 0 aliphatic carbocycles. The molecule has 2 fully saturated rings. The minimum atomic E-state index is -0.843. The van der Waals surface area contributed by atoms with Gasteiger partial charge in [-0.25, -0.2) is 28.8 Å². The molecule has 0 bridgehead atoms. The minimum absolute atomic E-state index is 0.0204. The number of rotatable bonds is 4. The number of benzene rings is 2. The maximum absolute atomic E-state index is 12.6. The highest BCUT2D eigenvalue weighted by molar-refractivity contribution is 6.16. The molecule has 182 valence electrons. The van der Waals surface area contributed by atoms with Crippen LogP contribution in [0.1, 0.15) is 62.1 Å². The zero-order valence-electron chi connectivity index (χ0n) is 18.1. The van der Waals surface area contributed by atoms with Crippen LogP contribution in [0.25, 0.3) is 0 Å². The summed E-state index contributed by atoms with van der Waals surface area (Å²) in [6.07, 6.45) is -3.04. The van der Waals surface area contributed by atoms with Crippen molar-refractivity contribution in [1.82, 2.24) is 0 Å². The first kappa shape index (κ1) is 22.1. The normalized spacial score (nSPS) is 25.7. The Morgan fingerprint density at radius 1 is 0.611 bits per heavy atom. The van der Waals surface area contributed by atoms with Crippen LogP contribution >= 0.6 is 0 Å². The van der Waals surface area contributed by atoms with Crippen LogP contribution in [-0.2, 0) is 28.4 Å². The molecule has 6 rings (SSSR count). The number of fused-ring (bicyclic) bond motifs is 3. The van der Waals surface area contributed by atoms with Gasteiger partial charge in [-0.1, -0.05) is 0 Å². The van der Waals surface area contributed by atoms with Crippen LogP contribution in [0.3, 0.4) is 0 Å². The highest BCUT2D eigenvalue weighted by Crippen LogP contribution is 2.32. The summed E-state index contributed by atoms with van der Waals surface area (Å²) in [5.41, 5.74) is 0.163. The van der Waals surface area contributed by atoms with Gasteiger partial charge in [-0.2, -0.15) is 0 Å². The number of esters is 6. The van der Waals surface area contributed by atoms with E-state index >= 15 is 0 Å². The SMILES string of the molecule is O=C(OC1COC2C(OC(=O)c3ccc4c(c3)C(=O)OC4=O)COC12)c1ccc2c(c1)C(=O)OC2=O. The third-order valence-corrected chi connectivity index (χ3v) is 6.24. The Morgan fingerprint density at radius 2 is 1.00 bits per heavy atom. The van der Waals surface area contributed by atoms with Gasteiger partial charge in [0.15, 0.2) is 12.2 Å². The van der Waals surface area contributed by atoms with Crippen LogP contribution in [0, 0.1) is 0 Å². The molecule has 4 heterocycles. The molecule has 12 nitrogen and oxygen atoms in total. The number of carbonyl (C=O) groups is 6. The summed E-state index contributed by atoms with van der Waals surface area (Å²) < 4.78 is 31.4.